The Hall–Kier alpha value is -2.44. The molecule has 1 aliphatic heterocycles. The van der Waals surface area contributed by atoms with Crippen LogP contribution >= 0.6 is 0 Å². The van der Waals surface area contributed by atoms with Crippen LogP contribution in [0.2, 0.25) is 0 Å². The maximum atomic E-state index is 13.2. The van der Waals surface area contributed by atoms with Gasteiger partial charge in [0, 0.05) is 26.2 Å². The number of fused-ring (bicyclic) bond motifs is 1. The molecule has 0 bridgehead atoms. The molecule has 6 nitrogen and oxygen atoms in total. The Balaban J connectivity index is 1.79. The van der Waals surface area contributed by atoms with E-state index in [1.54, 1.807) is 12.3 Å². The zero-order chi connectivity index (χ0) is 18.8. The lowest BCUT2D eigenvalue weighted by molar-refractivity contribution is 0.102. The minimum atomic E-state index is -0.0276. The van der Waals surface area contributed by atoms with Crippen LogP contribution in [0.15, 0.2) is 51.9 Å². The molecular weight excluding hydrogens is 340 g/mol. The van der Waals surface area contributed by atoms with Gasteiger partial charge in [0.1, 0.15) is 11.2 Å². The van der Waals surface area contributed by atoms with Crippen molar-refractivity contribution in [3.63, 3.8) is 0 Å². The number of rotatable bonds is 5. The van der Waals surface area contributed by atoms with Gasteiger partial charge in [-0.2, -0.15) is 4.98 Å². The first-order valence-corrected chi connectivity index (χ1v) is 9.62. The number of hydrogen-bond acceptors (Lipinski definition) is 5. The molecular formula is C21H26N4O2. The second-order valence-corrected chi connectivity index (χ2v) is 7.25. The second kappa shape index (κ2) is 7.66. The molecule has 1 unspecified atom stereocenters. The van der Waals surface area contributed by atoms with Crippen LogP contribution in [0.5, 0.6) is 0 Å². The van der Waals surface area contributed by atoms with Crippen molar-refractivity contribution in [1.29, 1.82) is 0 Å². The van der Waals surface area contributed by atoms with Crippen molar-refractivity contribution in [3.05, 3.63) is 64.4 Å². The van der Waals surface area contributed by atoms with Gasteiger partial charge in [-0.1, -0.05) is 37.3 Å². The molecule has 0 saturated carbocycles. The van der Waals surface area contributed by atoms with E-state index in [0.29, 0.717) is 17.6 Å². The quantitative estimate of drug-likeness (QED) is 0.695. The van der Waals surface area contributed by atoms with Gasteiger partial charge in [0.15, 0.2) is 0 Å². The molecule has 0 radical (unpaired) electrons. The fourth-order valence-corrected chi connectivity index (χ4v) is 3.88. The lowest BCUT2D eigenvalue weighted by Gasteiger charge is -2.37. The molecule has 3 aromatic rings. The van der Waals surface area contributed by atoms with Crippen LogP contribution in [0.3, 0.4) is 0 Å². The Morgan fingerprint density at radius 3 is 2.56 bits per heavy atom. The number of aromatic nitrogens is 2. The van der Waals surface area contributed by atoms with Crippen LogP contribution in [0.4, 0.5) is 0 Å². The summed E-state index contributed by atoms with van der Waals surface area (Å²) in [7, 11) is 2.15. The lowest BCUT2D eigenvalue weighted by Crippen LogP contribution is -2.47. The van der Waals surface area contributed by atoms with Crippen molar-refractivity contribution in [2.75, 3.05) is 33.2 Å². The highest BCUT2D eigenvalue weighted by Gasteiger charge is 2.27. The summed E-state index contributed by atoms with van der Waals surface area (Å²) < 4.78 is 7.33. The average molecular weight is 366 g/mol. The molecule has 27 heavy (non-hydrogen) atoms. The van der Waals surface area contributed by atoms with Gasteiger partial charge in [0.25, 0.3) is 5.56 Å². The van der Waals surface area contributed by atoms with Crippen LogP contribution < -0.4 is 5.56 Å². The van der Waals surface area contributed by atoms with Crippen molar-refractivity contribution in [2.24, 2.45) is 0 Å². The molecule has 0 spiro atoms. The van der Waals surface area contributed by atoms with Gasteiger partial charge >= 0.3 is 0 Å². The lowest BCUT2D eigenvalue weighted by atomic mass is 10.1. The summed E-state index contributed by atoms with van der Waals surface area (Å²) in [5.74, 6) is 0.804. The third kappa shape index (κ3) is 3.55. The van der Waals surface area contributed by atoms with Crippen molar-refractivity contribution < 1.29 is 4.42 Å². The first kappa shape index (κ1) is 17.9. The smallest absolute Gasteiger partial charge is 0.265 e. The number of furan rings is 1. The highest BCUT2D eigenvalue weighted by atomic mass is 16.3. The third-order valence-corrected chi connectivity index (χ3v) is 5.46. The van der Waals surface area contributed by atoms with E-state index in [4.69, 9.17) is 9.40 Å². The molecule has 1 saturated heterocycles. The van der Waals surface area contributed by atoms with Gasteiger partial charge in [-0.05, 0) is 25.1 Å². The molecule has 1 aliphatic rings. The molecule has 1 fully saturated rings. The fourth-order valence-electron chi connectivity index (χ4n) is 3.88. The van der Waals surface area contributed by atoms with Gasteiger partial charge in [0.05, 0.1) is 18.8 Å². The highest BCUT2D eigenvalue weighted by Crippen LogP contribution is 2.25. The fraction of sp³-hybridized carbons (Fsp3) is 0.429. The summed E-state index contributed by atoms with van der Waals surface area (Å²) >= 11 is 0. The zero-order valence-corrected chi connectivity index (χ0v) is 16.0. The summed E-state index contributed by atoms with van der Waals surface area (Å²) in [6.07, 6.45) is 2.45. The van der Waals surface area contributed by atoms with Crippen LogP contribution in [-0.4, -0.2) is 52.6 Å². The molecule has 142 valence electrons. The molecule has 0 aliphatic carbocycles. The molecule has 2 aromatic heterocycles. The SMILES string of the molecule is CCC(c1nc2occc2c(=O)n1Cc1ccccc1)N1CCN(C)CC1. The summed E-state index contributed by atoms with van der Waals surface area (Å²) in [5, 5.41) is 0.544. The maximum absolute atomic E-state index is 13.2. The number of piperazine rings is 1. The molecule has 4 rings (SSSR count). The molecule has 1 atom stereocenters. The Kier molecular flexibility index (Phi) is 5.09. The Morgan fingerprint density at radius 2 is 1.85 bits per heavy atom. The van der Waals surface area contributed by atoms with Gasteiger partial charge in [-0.3, -0.25) is 14.3 Å². The van der Waals surface area contributed by atoms with E-state index < -0.39 is 0 Å². The van der Waals surface area contributed by atoms with Crippen molar-refractivity contribution >= 4 is 11.1 Å². The maximum Gasteiger partial charge on any atom is 0.265 e. The topological polar surface area (TPSA) is 54.5 Å². The number of hydrogen-bond donors (Lipinski definition) is 0. The minimum Gasteiger partial charge on any atom is -0.446 e. The normalized spacial score (nSPS) is 17.4. The van der Waals surface area contributed by atoms with E-state index >= 15 is 0 Å². The standard InChI is InChI=1S/C21H26N4O2/c1-3-18(24-12-10-23(2)11-13-24)19-22-20-17(9-14-27-20)21(26)25(19)15-16-7-5-4-6-8-16/h4-9,14,18H,3,10-13,15H2,1-2H3. The van der Waals surface area contributed by atoms with Crippen molar-refractivity contribution in [3.8, 4) is 0 Å². The van der Waals surface area contributed by atoms with E-state index in [1.165, 1.54) is 0 Å². The average Bonchev–Trinajstić information content (AvgIpc) is 3.16. The largest absolute Gasteiger partial charge is 0.446 e. The van der Waals surface area contributed by atoms with Gasteiger partial charge in [-0.25, -0.2) is 0 Å². The first-order chi connectivity index (χ1) is 13.2. The van der Waals surface area contributed by atoms with Crippen molar-refractivity contribution in [2.45, 2.75) is 25.9 Å². The highest BCUT2D eigenvalue weighted by molar-refractivity contribution is 5.71. The summed E-state index contributed by atoms with van der Waals surface area (Å²) in [6.45, 7) is 6.70. The monoisotopic (exact) mass is 366 g/mol. The molecule has 3 heterocycles. The van der Waals surface area contributed by atoms with Crippen molar-refractivity contribution in [1.82, 2.24) is 19.4 Å². The molecule has 0 amide bonds. The van der Waals surface area contributed by atoms with E-state index in [9.17, 15) is 4.79 Å². The Bertz CT molecular complexity index is 955. The predicted octanol–water partition coefficient (Wildman–Crippen LogP) is 2.74. The number of benzene rings is 1. The summed E-state index contributed by atoms with van der Waals surface area (Å²) in [5.41, 5.74) is 1.51. The van der Waals surface area contributed by atoms with Crippen LogP contribution in [-0.2, 0) is 6.54 Å². The minimum absolute atomic E-state index is 0.0276. The molecule has 1 aromatic carbocycles. The summed E-state index contributed by atoms with van der Waals surface area (Å²) in [4.78, 5) is 22.8. The first-order valence-electron chi connectivity index (χ1n) is 9.62. The number of nitrogens with zero attached hydrogens (tertiary/aromatic N) is 4. The van der Waals surface area contributed by atoms with Crippen LogP contribution in [0, 0.1) is 0 Å². The Morgan fingerprint density at radius 1 is 1.11 bits per heavy atom. The van der Waals surface area contributed by atoms with Gasteiger partial charge < -0.3 is 9.32 Å². The van der Waals surface area contributed by atoms with E-state index in [2.05, 4.69) is 23.8 Å². The van der Waals surface area contributed by atoms with Crippen LogP contribution in [0.1, 0.15) is 30.8 Å². The van der Waals surface area contributed by atoms with Gasteiger partial charge in [0.2, 0.25) is 5.71 Å². The third-order valence-electron chi connectivity index (χ3n) is 5.46. The van der Waals surface area contributed by atoms with E-state index in [0.717, 1.165) is 44.0 Å². The van der Waals surface area contributed by atoms with Gasteiger partial charge in [-0.15, -0.1) is 0 Å². The molecule has 0 N–H and O–H groups in total. The zero-order valence-electron chi connectivity index (χ0n) is 16.0. The molecule has 6 heteroatoms. The summed E-state index contributed by atoms with van der Waals surface area (Å²) in [6, 6.07) is 11.9. The predicted molar refractivity (Wildman–Crippen MR) is 106 cm³/mol. The van der Waals surface area contributed by atoms with E-state index in [-0.39, 0.29) is 11.6 Å². The number of likely N-dealkylation sites (N-methyl/N-ethyl adjacent to an activating group) is 1. The van der Waals surface area contributed by atoms with E-state index in [1.807, 2.05) is 34.9 Å². The van der Waals surface area contributed by atoms with Crippen LogP contribution in [0.25, 0.3) is 11.1 Å². The second-order valence-electron chi connectivity index (χ2n) is 7.25. The Labute approximate surface area is 159 Å².